The number of aryl methyl sites for hydroxylation is 1. The molecule has 1 heterocycles. The zero-order valence-electron chi connectivity index (χ0n) is 12.6. The Morgan fingerprint density at radius 1 is 1.20 bits per heavy atom. The van der Waals surface area contributed by atoms with Crippen LogP contribution in [-0.4, -0.2) is 22.9 Å². The number of hydrogen-bond donors (Lipinski definition) is 0. The van der Waals surface area contributed by atoms with Crippen molar-refractivity contribution in [3.63, 3.8) is 0 Å². The van der Waals surface area contributed by atoms with Gasteiger partial charge in [0.25, 0.3) is 0 Å². The van der Waals surface area contributed by atoms with E-state index in [-0.39, 0.29) is 0 Å². The zero-order valence-corrected chi connectivity index (χ0v) is 14.2. The highest BCUT2D eigenvalue weighted by atomic mass is 79.9. The van der Waals surface area contributed by atoms with E-state index in [1.807, 2.05) is 0 Å². The maximum atomic E-state index is 4.92. The standard InChI is InChI=1S/C17H23BrN2/c1-4-15(5-2)20(11-10-18)17-13(3)12-14-8-6-7-9-16(14)19-17/h6-9,12,15H,4-5,10-11H2,1-3H3. The summed E-state index contributed by atoms with van der Waals surface area (Å²) in [6, 6.07) is 11.2. The Bertz CT molecular complexity index is 564. The Hall–Kier alpha value is -1.09. The fraction of sp³-hybridized carbons (Fsp3) is 0.471. The first-order chi connectivity index (χ1) is 9.71. The molecule has 0 bridgehead atoms. The van der Waals surface area contributed by atoms with Gasteiger partial charge in [-0.15, -0.1) is 0 Å². The number of aromatic nitrogens is 1. The van der Waals surface area contributed by atoms with Crippen LogP contribution in [0.1, 0.15) is 32.3 Å². The molecule has 0 spiro atoms. The summed E-state index contributed by atoms with van der Waals surface area (Å²) in [5, 5.41) is 2.19. The van der Waals surface area contributed by atoms with Crippen LogP contribution in [0.3, 0.4) is 0 Å². The number of para-hydroxylation sites is 1. The summed E-state index contributed by atoms with van der Waals surface area (Å²) in [5.74, 6) is 1.14. The summed E-state index contributed by atoms with van der Waals surface area (Å²) in [7, 11) is 0. The van der Waals surface area contributed by atoms with Gasteiger partial charge in [0.05, 0.1) is 5.52 Å². The van der Waals surface area contributed by atoms with Gasteiger partial charge >= 0.3 is 0 Å². The van der Waals surface area contributed by atoms with Crippen LogP contribution >= 0.6 is 15.9 Å². The number of alkyl halides is 1. The zero-order chi connectivity index (χ0) is 14.5. The third kappa shape index (κ3) is 3.14. The smallest absolute Gasteiger partial charge is 0.132 e. The first kappa shape index (κ1) is 15.3. The summed E-state index contributed by atoms with van der Waals surface area (Å²) >= 11 is 3.58. The normalized spacial score (nSPS) is 11.2. The quantitative estimate of drug-likeness (QED) is 0.696. The molecule has 2 aromatic rings. The second-order valence-electron chi connectivity index (χ2n) is 5.17. The first-order valence-electron chi connectivity index (χ1n) is 7.40. The molecule has 2 rings (SSSR count). The van der Waals surface area contributed by atoms with E-state index in [0.29, 0.717) is 6.04 Å². The van der Waals surface area contributed by atoms with E-state index in [9.17, 15) is 0 Å². The molecule has 0 unspecified atom stereocenters. The molecule has 1 aromatic heterocycles. The highest BCUT2D eigenvalue weighted by Gasteiger charge is 2.18. The minimum atomic E-state index is 0.555. The molecule has 0 saturated carbocycles. The van der Waals surface area contributed by atoms with Gasteiger partial charge in [-0.25, -0.2) is 4.98 Å². The number of rotatable bonds is 6. The van der Waals surface area contributed by atoms with Crippen LogP contribution in [0, 0.1) is 6.92 Å². The maximum Gasteiger partial charge on any atom is 0.132 e. The summed E-state index contributed by atoms with van der Waals surface area (Å²) < 4.78 is 0. The molecule has 2 nitrogen and oxygen atoms in total. The third-order valence-electron chi connectivity index (χ3n) is 3.87. The molecule has 108 valence electrons. The largest absolute Gasteiger partial charge is 0.353 e. The van der Waals surface area contributed by atoms with E-state index < -0.39 is 0 Å². The molecule has 0 atom stereocenters. The van der Waals surface area contributed by atoms with Crippen LogP contribution in [0.25, 0.3) is 10.9 Å². The molecule has 0 fully saturated rings. The van der Waals surface area contributed by atoms with Crippen molar-refractivity contribution < 1.29 is 0 Å². The number of anilines is 1. The molecule has 0 saturated heterocycles. The van der Waals surface area contributed by atoms with Crippen LogP contribution in [0.2, 0.25) is 0 Å². The topological polar surface area (TPSA) is 16.1 Å². The van der Waals surface area contributed by atoms with E-state index in [1.165, 1.54) is 10.9 Å². The van der Waals surface area contributed by atoms with Gasteiger partial charge in [-0.1, -0.05) is 48.0 Å². The van der Waals surface area contributed by atoms with E-state index in [0.717, 1.165) is 36.1 Å². The third-order valence-corrected chi connectivity index (χ3v) is 4.22. The van der Waals surface area contributed by atoms with E-state index >= 15 is 0 Å². The van der Waals surface area contributed by atoms with Gasteiger partial charge in [-0.05, 0) is 37.5 Å². The van der Waals surface area contributed by atoms with E-state index in [2.05, 4.69) is 71.9 Å². The fourth-order valence-corrected chi connectivity index (χ4v) is 3.17. The van der Waals surface area contributed by atoms with Crippen LogP contribution < -0.4 is 4.90 Å². The number of nitrogens with zero attached hydrogens (tertiary/aromatic N) is 2. The number of benzene rings is 1. The van der Waals surface area contributed by atoms with Crippen LogP contribution in [-0.2, 0) is 0 Å². The van der Waals surface area contributed by atoms with E-state index in [4.69, 9.17) is 4.98 Å². The predicted octanol–water partition coefficient (Wildman–Crippen LogP) is 4.93. The Kier molecular flexibility index (Phi) is 5.41. The number of hydrogen-bond acceptors (Lipinski definition) is 2. The summed E-state index contributed by atoms with van der Waals surface area (Å²) in [4.78, 5) is 7.37. The summed E-state index contributed by atoms with van der Waals surface area (Å²) in [6.45, 7) is 7.68. The Balaban J connectivity index is 2.49. The molecular formula is C17H23BrN2. The van der Waals surface area contributed by atoms with Crippen LogP contribution in [0.4, 0.5) is 5.82 Å². The van der Waals surface area contributed by atoms with Crippen molar-refractivity contribution in [2.24, 2.45) is 0 Å². The lowest BCUT2D eigenvalue weighted by atomic mass is 10.1. The number of halogens is 1. The van der Waals surface area contributed by atoms with Crippen LogP contribution in [0.15, 0.2) is 30.3 Å². The van der Waals surface area contributed by atoms with Crippen molar-refractivity contribution in [2.45, 2.75) is 39.7 Å². The van der Waals surface area contributed by atoms with Gasteiger partial charge < -0.3 is 4.90 Å². The Morgan fingerprint density at radius 3 is 2.55 bits per heavy atom. The summed E-state index contributed by atoms with van der Waals surface area (Å²) in [5.41, 5.74) is 2.34. The highest BCUT2D eigenvalue weighted by molar-refractivity contribution is 9.09. The Labute approximate surface area is 130 Å². The van der Waals surface area contributed by atoms with Crippen molar-refractivity contribution in [3.8, 4) is 0 Å². The second kappa shape index (κ2) is 7.07. The van der Waals surface area contributed by atoms with Crippen molar-refractivity contribution in [2.75, 3.05) is 16.8 Å². The maximum absolute atomic E-state index is 4.92. The minimum absolute atomic E-state index is 0.555. The highest BCUT2D eigenvalue weighted by Crippen LogP contribution is 2.26. The minimum Gasteiger partial charge on any atom is -0.353 e. The lowest BCUT2D eigenvalue weighted by Crippen LogP contribution is -2.37. The molecule has 3 heteroatoms. The predicted molar refractivity (Wildman–Crippen MR) is 92.0 cm³/mol. The number of fused-ring (bicyclic) bond motifs is 1. The van der Waals surface area contributed by atoms with Gasteiger partial charge in [-0.2, -0.15) is 0 Å². The summed E-state index contributed by atoms with van der Waals surface area (Å²) in [6.07, 6.45) is 2.30. The molecule has 0 aliphatic rings. The van der Waals surface area contributed by atoms with Gasteiger partial charge in [0.1, 0.15) is 5.82 Å². The molecule has 0 radical (unpaired) electrons. The molecular weight excluding hydrogens is 312 g/mol. The van der Waals surface area contributed by atoms with Crippen LogP contribution in [0.5, 0.6) is 0 Å². The van der Waals surface area contributed by atoms with Gasteiger partial charge in [0.15, 0.2) is 0 Å². The average molecular weight is 335 g/mol. The van der Waals surface area contributed by atoms with Crippen molar-refractivity contribution >= 4 is 32.7 Å². The average Bonchev–Trinajstić information content (AvgIpc) is 2.47. The molecule has 20 heavy (non-hydrogen) atoms. The van der Waals surface area contributed by atoms with E-state index in [1.54, 1.807) is 0 Å². The van der Waals surface area contributed by atoms with Crippen molar-refractivity contribution in [3.05, 3.63) is 35.9 Å². The molecule has 0 aliphatic carbocycles. The molecule has 0 N–H and O–H groups in total. The van der Waals surface area contributed by atoms with Gasteiger partial charge in [0, 0.05) is 23.3 Å². The fourth-order valence-electron chi connectivity index (χ4n) is 2.78. The molecule has 0 amide bonds. The molecule has 0 aliphatic heterocycles. The molecule has 1 aromatic carbocycles. The first-order valence-corrected chi connectivity index (χ1v) is 8.52. The lowest BCUT2D eigenvalue weighted by molar-refractivity contribution is 0.563. The lowest BCUT2D eigenvalue weighted by Gasteiger charge is -2.32. The van der Waals surface area contributed by atoms with Gasteiger partial charge in [-0.3, -0.25) is 0 Å². The second-order valence-corrected chi connectivity index (χ2v) is 5.97. The Morgan fingerprint density at radius 2 is 1.90 bits per heavy atom. The van der Waals surface area contributed by atoms with Gasteiger partial charge in [0.2, 0.25) is 0 Å². The SMILES string of the molecule is CCC(CC)N(CCBr)c1nc2ccccc2cc1C. The monoisotopic (exact) mass is 334 g/mol. The number of pyridine rings is 1. The van der Waals surface area contributed by atoms with Crippen molar-refractivity contribution in [1.29, 1.82) is 0 Å². The van der Waals surface area contributed by atoms with Crippen molar-refractivity contribution in [1.82, 2.24) is 4.98 Å².